The monoisotopic (exact) mass is 335 g/mol. The van der Waals surface area contributed by atoms with Gasteiger partial charge in [0.25, 0.3) is 0 Å². The van der Waals surface area contributed by atoms with Crippen molar-refractivity contribution in [2.24, 2.45) is 0 Å². The average Bonchev–Trinajstić information content (AvgIpc) is 2.40. The normalized spacial score (nSPS) is 20.6. The zero-order valence-corrected chi connectivity index (χ0v) is 14.3. The lowest BCUT2D eigenvalue weighted by Gasteiger charge is -2.25. The van der Waals surface area contributed by atoms with E-state index in [1.54, 1.807) is 5.57 Å². The van der Waals surface area contributed by atoms with Gasteiger partial charge in [-0.1, -0.05) is 53.4 Å². The SMILES string of the molecule is CCNC(/C1=C/CCCCCC1)c1cc(Br)ccc1C. The van der Waals surface area contributed by atoms with Crippen molar-refractivity contribution in [1.29, 1.82) is 0 Å². The van der Waals surface area contributed by atoms with Crippen molar-refractivity contribution in [3.63, 3.8) is 0 Å². The fourth-order valence-corrected chi connectivity index (χ4v) is 3.42. The van der Waals surface area contributed by atoms with Gasteiger partial charge in [-0.3, -0.25) is 0 Å². The lowest BCUT2D eigenvalue weighted by atomic mass is 9.89. The van der Waals surface area contributed by atoms with Crippen LogP contribution in [-0.2, 0) is 0 Å². The molecule has 1 aliphatic rings. The van der Waals surface area contributed by atoms with Crippen molar-refractivity contribution in [2.75, 3.05) is 6.54 Å². The van der Waals surface area contributed by atoms with Crippen molar-refractivity contribution in [1.82, 2.24) is 5.32 Å². The first-order valence-corrected chi connectivity index (χ1v) is 8.70. The largest absolute Gasteiger partial charge is 0.307 e. The molecule has 0 radical (unpaired) electrons. The maximum atomic E-state index is 3.70. The predicted octanol–water partition coefficient (Wildman–Crippen LogP) is 5.69. The van der Waals surface area contributed by atoms with Gasteiger partial charge in [0.1, 0.15) is 0 Å². The predicted molar refractivity (Wildman–Crippen MR) is 91.1 cm³/mol. The van der Waals surface area contributed by atoms with E-state index in [9.17, 15) is 0 Å². The molecule has 1 N–H and O–H groups in total. The first-order chi connectivity index (χ1) is 9.72. The minimum Gasteiger partial charge on any atom is -0.307 e. The van der Waals surface area contributed by atoms with Gasteiger partial charge in [-0.2, -0.15) is 0 Å². The lowest BCUT2D eigenvalue weighted by molar-refractivity contribution is 0.552. The van der Waals surface area contributed by atoms with Crippen LogP contribution in [-0.4, -0.2) is 6.54 Å². The molecule has 1 aromatic carbocycles. The quantitative estimate of drug-likeness (QED) is 0.697. The minimum atomic E-state index is 0.385. The van der Waals surface area contributed by atoms with Gasteiger partial charge < -0.3 is 5.32 Å². The summed E-state index contributed by atoms with van der Waals surface area (Å²) in [6.07, 6.45) is 10.4. The Hall–Kier alpha value is -0.600. The van der Waals surface area contributed by atoms with E-state index in [-0.39, 0.29) is 0 Å². The van der Waals surface area contributed by atoms with E-state index in [1.807, 2.05) is 0 Å². The molecule has 0 saturated carbocycles. The van der Waals surface area contributed by atoms with Crippen LogP contribution in [0.2, 0.25) is 0 Å². The highest BCUT2D eigenvalue weighted by molar-refractivity contribution is 9.10. The molecule has 2 rings (SSSR count). The van der Waals surface area contributed by atoms with E-state index in [4.69, 9.17) is 0 Å². The lowest BCUT2D eigenvalue weighted by Crippen LogP contribution is -2.24. The maximum Gasteiger partial charge on any atom is 0.0538 e. The Bertz CT molecular complexity index is 464. The number of hydrogen-bond donors (Lipinski definition) is 1. The molecule has 0 fully saturated rings. The summed E-state index contributed by atoms with van der Waals surface area (Å²) < 4.78 is 1.17. The van der Waals surface area contributed by atoms with Gasteiger partial charge in [-0.05, 0) is 62.4 Å². The van der Waals surface area contributed by atoms with Crippen LogP contribution in [0.4, 0.5) is 0 Å². The zero-order valence-electron chi connectivity index (χ0n) is 12.7. The van der Waals surface area contributed by atoms with Gasteiger partial charge in [-0.15, -0.1) is 0 Å². The number of allylic oxidation sites excluding steroid dienone is 1. The van der Waals surface area contributed by atoms with Crippen LogP contribution in [0.25, 0.3) is 0 Å². The van der Waals surface area contributed by atoms with Crippen molar-refractivity contribution >= 4 is 15.9 Å². The van der Waals surface area contributed by atoms with Crippen LogP contribution in [0.1, 0.15) is 62.6 Å². The summed E-state index contributed by atoms with van der Waals surface area (Å²) in [6.45, 7) is 5.42. The van der Waals surface area contributed by atoms with Crippen molar-refractivity contribution in [2.45, 2.75) is 58.4 Å². The van der Waals surface area contributed by atoms with Gasteiger partial charge >= 0.3 is 0 Å². The summed E-state index contributed by atoms with van der Waals surface area (Å²) in [5.41, 5.74) is 4.39. The summed E-state index contributed by atoms with van der Waals surface area (Å²) in [5, 5.41) is 3.70. The highest BCUT2D eigenvalue weighted by atomic mass is 79.9. The molecule has 0 aliphatic heterocycles. The molecular weight excluding hydrogens is 310 g/mol. The van der Waals surface area contributed by atoms with Gasteiger partial charge in [-0.25, -0.2) is 0 Å². The molecule has 0 amide bonds. The van der Waals surface area contributed by atoms with Crippen molar-refractivity contribution in [3.05, 3.63) is 45.4 Å². The molecular formula is C18H26BrN. The topological polar surface area (TPSA) is 12.0 Å². The number of nitrogens with one attached hydrogen (secondary N) is 1. The third-order valence-corrected chi connectivity index (χ3v) is 4.65. The summed E-state index contributed by atoms with van der Waals surface area (Å²) in [5.74, 6) is 0. The standard InChI is InChI=1S/C18H26BrN/c1-3-20-18(15-9-7-5-4-6-8-10-15)17-13-16(19)12-11-14(17)2/h9,11-13,18,20H,3-8,10H2,1-2H3/b15-9+. The molecule has 1 nitrogen and oxygen atoms in total. The van der Waals surface area contributed by atoms with Crippen LogP contribution in [0.5, 0.6) is 0 Å². The molecule has 20 heavy (non-hydrogen) atoms. The average molecular weight is 336 g/mol. The number of benzene rings is 1. The Morgan fingerprint density at radius 2 is 2.00 bits per heavy atom. The van der Waals surface area contributed by atoms with E-state index < -0.39 is 0 Å². The summed E-state index contributed by atoms with van der Waals surface area (Å²) >= 11 is 3.62. The molecule has 0 heterocycles. The molecule has 1 aromatic rings. The van der Waals surface area contributed by atoms with Gasteiger partial charge in [0.2, 0.25) is 0 Å². The number of likely N-dealkylation sites (N-methyl/N-ethyl adjacent to an activating group) is 1. The van der Waals surface area contributed by atoms with E-state index in [1.165, 1.54) is 54.1 Å². The van der Waals surface area contributed by atoms with Crippen LogP contribution < -0.4 is 5.32 Å². The Morgan fingerprint density at radius 3 is 2.80 bits per heavy atom. The Balaban J connectivity index is 2.31. The molecule has 2 heteroatoms. The molecule has 110 valence electrons. The van der Waals surface area contributed by atoms with Crippen molar-refractivity contribution < 1.29 is 0 Å². The molecule has 1 aliphatic carbocycles. The summed E-state index contributed by atoms with van der Waals surface area (Å²) in [4.78, 5) is 0. The number of rotatable bonds is 4. The van der Waals surface area contributed by atoms with E-state index in [2.05, 4.69) is 59.4 Å². The minimum absolute atomic E-state index is 0.385. The molecule has 0 saturated heterocycles. The van der Waals surface area contributed by atoms with E-state index in [0.29, 0.717) is 6.04 Å². The molecule has 1 atom stereocenters. The van der Waals surface area contributed by atoms with Crippen LogP contribution in [0.15, 0.2) is 34.3 Å². The fourth-order valence-electron chi connectivity index (χ4n) is 3.05. The fraction of sp³-hybridized carbons (Fsp3) is 0.556. The summed E-state index contributed by atoms with van der Waals surface area (Å²) in [6, 6.07) is 7.01. The zero-order chi connectivity index (χ0) is 14.4. The molecule has 1 unspecified atom stereocenters. The summed E-state index contributed by atoms with van der Waals surface area (Å²) in [7, 11) is 0. The number of halogens is 1. The van der Waals surface area contributed by atoms with Crippen LogP contribution in [0.3, 0.4) is 0 Å². The first-order valence-electron chi connectivity index (χ1n) is 7.90. The highest BCUT2D eigenvalue weighted by Crippen LogP contribution is 2.32. The Labute approximate surface area is 132 Å². The third kappa shape index (κ3) is 4.20. The van der Waals surface area contributed by atoms with E-state index >= 15 is 0 Å². The Morgan fingerprint density at radius 1 is 1.20 bits per heavy atom. The second kappa shape index (κ2) is 7.99. The second-order valence-electron chi connectivity index (χ2n) is 5.72. The number of hydrogen-bond acceptors (Lipinski definition) is 1. The molecule has 0 bridgehead atoms. The molecule has 0 spiro atoms. The smallest absolute Gasteiger partial charge is 0.0538 e. The molecule has 0 aromatic heterocycles. The first kappa shape index (κ1) is 15.8. The Kier molecular flexibility index (Phi) is 6.31. The van der Waals surface area contributed by atoms with Gasteiger partial charge in [0.15, 0.2) is 0 Å². The maximum absolute atomic E-state index is 3.70. The van der Waals surface area contributed by atoms with Gasteiger partial charge in [0.05, 0.1) is 6.04 Å². The van der Waals surface area contributed by atoms with Crippen molar-refractivity contribution in [3.8, 4) is 0 Å². The van der Waals surface area contributed by atoms with Crippen LogP contribution in [0, 0.1) is 6.92 Å². The van der Waals surface area contributed by atoms with E-state index in [0.717, 1.165) is 6.54 Å². The third-order valence-electron chi connectivity index (χ3n) is 4.16. The highest BCUT2D eigenvalue weighted by Gasteiger charge is 2.18. The van der Waals surface area contributed by atoms with Gasteiger partial charge in [0, 0.05) is 4.47 Å². The second-order valence-corrected chi connectivity index (χ2v) is 6.64. The van der Waals surface area contributed by atoms with Crippen LogP contribution >= 0.6 is 15.9 Å². The number of aryl methyl sites for hydroxylation is 1.